The number of hydrogen-bond acceptors (Lipinski definition) is 3. The van der Waals surface area contributed by atoms with Crippen molar-refractivity contribution >= 4 is 15.9 Å². The summed E-state index contributed by atoms with van der Waals surface area (Å²) >= 11 is 3.36. The van der Waals surface area contributed by atoms with Crippen molar-refractivity contribution in [3.63, 3.8) is 0 Å². The molecule has 1 rings (SSSR count). The van der Waals surface area contributed by atoms with Gasteiger partial charge in [-0.15, -0.1) is 0 Å². The van der Waals surface area contributed by atoms with Crippen LogP contribution in [-0.4, -0.2) is 12.3 Å². The second-order valence-electron chi connectivity index (χ2n) is 2.29. The van der Waals surface area contributed by atoms with Crippen LogP contribution < -0.4 is 10.2 Å². The zero-order valence-corrected chi connectivity index (χ0v) is 8.26. The van der Waals surface area contributed by atoms with E-state index in [-0.39, 0.29) is 0 Å². The molecule has 0 fully saturated rings. The number of ether oxygens (including phenoxy) is 1. The van der Waals surface area contributed by atoms with Crippen LogP contribution in [0.3, 0.4) is 0 Å². The van der Waals surface area contributed by atoms with Crippen LogP contribution in [-0.2, 0) is 6.54 Å². The van der Waals surface area contributed by atoms with Gasteiger partial charge in [0.15, 0.2) is 0 Å². The summed E-state index contributed by atoms with van der Waals surface area (Å²) in [5.41, 5.74) is 3.08. The Morgan fingerprint density at radius 1 is 1.58 bits per heavy atom. The highest BCUT2D eigenvalue weighted by molar-refractivity contribution is 9.10. The Kier molecular flexibility index (Phi) is 3.52. The average molecular weight is 232 g/mol. The summed E-state index contributed by atoms with van der Waals surface area (Å²) in [6.45, 7) is 0.421. The van der Waals surface area contributed by atoms with Crippen LogP contribution in [0.4, 0.5) is 0 Å². The zero-order valence-electron chi connectivity index (χ0n) is 6.67. The van der Waals surface area contributed by atoms with Crippen molar-refractivity contribution in [2.45, 2.75) is 6.54 Å². The largest absolute Gasteiger partial charge is 0.497 e. The Morgan fingerprint density at radius 2 is 2.33 bits per heavy atom. The fourth-order valence-corrected chi connectivity index (χ4v) is 1.38. The monoisotopic (exact) mass is 231 g/mol. The maximum atomic E-state index is 8.47. The molecular formula is C8H10BrNO2. The van der Waals surface area contributed by atoms with Crippen LogP contribution in [0, 0.1) is 0 Å². The molecule has 1 aromatic rings. The van der Waals surface area contributed by atoms with Gasteiger partial charge in [0.05, 0.1) is 7.11 Å². The topological polar surface area (TPSA) is 41.5 Å². The predicted molar refractivity (Wildman–Crippen MR) is 49.3 cm³/mol. The number of methoxy groups -OCH3 is 1. The summed E-state index contributed by atoms with van der Waals surface area (Å²) in [4.78, 5) is 0. The predicted octanol–water partition coefficient (Wildman–Crippen LogP) is 1.94. The number of benzene rings is 1. The molecule has 0 radical (unpaired) electrons. The number of nitrogens with one attached hydrogen (secondary N) is 1. The van der Waals surface area contributed by atoms with Gasteiger partial charge in [-0.3, -0.25) is 0 Å². The third kappa shape index (κ3) is 2.20. The van der Waals surface area contributed by atoms with Crippen LogP contribution in [0.5, 0.6) is 5.75 Å². The molecule has 0 heterocycles. The van der Waals surface area contributed by atoms with Gasteiger partial charge in [0.25, 0.3) is 0 Å². The summed E-state index contributed by atoms with van der Waals surface area (Å²) in [5.74, 6) is 0.795. The summed E-state index contributed by atoms with van der Waals surface area (Å²) in [6, 6.07) is 5.58. The molecule has 0 atom stereocenters. The number of rotatable bonds is 3. The van der Waals surface area contributed by atoms with E-state index in [0.717, 1.165) is 15.8 Å². The standard InChI is InChI=1S/C8H10BrNO2/c1-12-7-3-2-6(5-10-11)8(9)4-7/h2-4,10-11H,5H2,1H3. The van der Waals surface area contributed by atoms with Crippen LogP contribution in [0.2, 0.25) is 0 Å². The van der Waals surface area contributed by atoms with Crippen molar-refractivity contribution in [3.05, 3.63) is 28.2 Å². The lowest BCUT2D eigenvalue weighted by Crippen LogP contribution is -2.06. The first-order chi connectivity index (χ1) is 5.77. The molecule has 0 aromatic heterocycles. The fraction of sp³-hybridized carbons (Fsp3) is 0.250. The third-order valence-electron chi connectivity index (χ3n) is 1.53. The molecule has 0 aliphatic carbocycles. The molecule has 1 aromatic carbocycles. The average Bonchev–Trinajstić information content (AvgIpc) is 2.09. The van der Waals surface area contributed by atoms with Crippen molar-refractivity contribution in [1.82, 2.24) is 5.48 Å². The van der Waals surface area contributed by atoms with Gasteiger partial charge < -0.3 is 9.94 Å². The van der Waals surface area contributed by atoms with E-state index < -0.39 is 0 Å². The van der Waals surface area contributed by atoms with Gasteiger partial charge in [-0.05, 0) is 17.7 Å². The van der Waals surface area contributed by atoms with Crippen molar-refractivity contribution in [3.8, 4) is 5.75 Å². The molecule has 0 unspecified atom stereocenters. The smallest absolute Gasteiger partial charge is 0.120 e. The van der Waals surface area contributed by atoms with Gasteiger partial charge in [0.1, 0.15) is 5.75 Å². The van der Waals surface area contributed by atoms with E-state index in [9.17, 15) is 0 Å². The van der Waals surface area contributed by atoms with Crippen molar-refractivity contribution < 1.29 is 9.94 Å². The highest BCUT2D eigenvalue weighted by atomic mass is 79.9. The zero-order chi connectivity index (χ0) is 8.97. The van der Waals surface area contributed by atoms with Gasteiger partial charge >= 0.3 is 0 Å². The Labute approximate surface area is 79.4 Å². The molecule has 4 heteroatoms. The molecule has 66 valence electrons. The van der Waals surface area contributed by atoms with E-state index in [2.05, 4.69) is 21.4 Å². The Bertz CT molecular complexity index is 265. The van der Waals surface area contributed by atoms with Crippen molar-refractivity contribution in [2.75, 3.05) is 7.11 Å². The first-order valence-electron chi connectivity index (χ1n) is 3.47. The van der Waals surface area contributed by atoms with Crippen LogP contribution in [0.15, 0.2) is 22.7 Å². The number of hydroxylamine groups is 1. The van der Waals surface area contributed by atoms with Crippen LogP contribution >= 0.6 is 15.9 Å². The fourth-order valence-electron chi connectivity index (χ4n) is 0.884. The first-order valence-corrected chi connectivity index (χ1v) is 4.26. The van der Waals surface area contributed by atoms with E-state index in [1.165, 1.54) is 0 Å². The Morgan fingerprint density at radius 3 is 2.83 bits per heavy atom. The minimum Gasteiger partial charge on any atom is -0.497 e. The molecule has 0 bridgehead atoms. The second-order valence-corrected chi connectivity index (χ2v) is 3.15. The van der Waals surface area contributed by atoms with Gasteiger partial charge in [0.2, 0.25) is 0 Å². The maximum Gasteiger partial charge on any atom is 0.120 e. The van der Waals surface area contributed by atoms with Crippen LogP contribution in [0.25, 0.3) is 0 Å². The SMILES string of the molecule is COc1ccc(CNO)c(Br)c1. The van der Waals surface area contributed by atoms with Crippen molar-refractivity contribution in [1.29, 1.82) is 0 Å². The molecule has 0 aliphatic rings. The molecule has 2 N–H and O–H groups in total. The summed E-state index contributed by atoms with van der Waals surface area (Å²) in [5, 5.41) is 8.47. The van der Waals surface area contributed by atoms with Gasteiger partial charge in [0, 0.05) is 11.0 Å². The Hall–Kier alpha value is -0.580. The summed E-state index contributed by atoms with van der Waals surface area (Å²) < 4.78 is 5.94. The molecule has 0 aliphatic heterocycles. The molecule has 3 nitrogen and oxygen atoms in total. The third-order valence-corrected chi connectivity index (χ3v) is 2.27. The van der Waals surface area contributed by atoms with Gasteiger partial charge in [-0.2, -0.15) is 0 Å². The minimum absolute atomic E-state index is 0.421. The second kappa shape index (κ2) is 4.45. The normalized spacial score (nSPS) is 9.92. The van der Waals surface area contributed by atoms with Gasteiger partial charge in [-0.1, -0.05) is 22.0 Å². The number of halogens is 1. The molecule has 0 spiro atoms. The summed E-state index contributed by atoms with van der Waals surface area (Å²) in [7, 11) is 1.62. The molecular weight excluding hydrogens is 222 g/mol. The van der Waals surface area contributed by atoms with E-state index in [0.29, 0.717) is 6.54 Å². The molecule has 0 amide bonds. The van der Waals surface area contributed by atoms with E-state index in [1.54, 1.807) is 7.11 Å². The Balaban J connectivity index is 2.87. The maximum absolute atomic E-state index is 8.47. The van der Waals surface area contributed by atoms with Gasteiger partial charge in [-0.25, -0.2) is 5.48 Å². The molecule has 0 saturated heterocycles. The lowest BCUT2D eigenvalue weighted by molar-refractivity contribution is 0.161. The highest BCUT2D eigenvalue weighted by Gasteiger charge is 2.00. The quantitative estimate of drug-likeness (QED) is 0.782. The molecule has 0 saturated carbocycles. The van der Waals surface area contributed by atoms with Crippen molar-refractivity contribution in [2.24, 2.45) is 0 Å². The molecule has 12 heavy (non-hydrogen) atoms. The number of hydrogen-bond donors (Lipinski definition) is 2. The van der Waals surface area contributed by atoms with E-state index >= 15 is 0 Å². The first kappa shape index (κ1) is 9.51. The highest BCUT2D eigenvalue weighted by Crippen LogP contribution is 2.22. The summed E-state index contributed by atoms with van der Waals surface area (Å²) in [6.07, 6.45) is 0. The van der Waals surface area contributed by atoms with Crippen LogP contribution in [0.1, 0.15) is 5.56 Å². The van der Waals surface area contributed by atoms with E-state index in [4.69, 9.17) is 9.94 Å². The van der Waals surface area contributed by atoms with E-state index in [1.807, 2.05) is 18.2 Å². The minimum atomic E-state index is 0.421. The lowest BCUT2D eigenvalue weighted by atomic mass is 10.2. The lowest BCUT2D eigenvalue weighted by Gasteiger charge is -2.05.